The number of alkyl halides is 2. The van der Waals surface area contributed by atoms with Gasteiger partial charge in [0, 0.05) is 12.0 Å². The minimum absolute atomic E-state index is 0.0116. The fourth-order valence-corrected chi connectivity index (χ4v) is 1.14. The van der Waals surface area contributed by atoms with Gasteiger partial charge in [-0.15, -0.1) is 0 Å². The Morgan fingerprint density at radius 1 is 1.50 bits per heavy atom. The van der Waals surface area contributed by atoms with Gasteiger partial charge in [0.1, 0.15) is 4.84 Å². The quantitative estimate of drug-likeness (QED) is 0.561. The van der Waals surface area contributed by atoms with Crippen LogP contribution in [0.4, 0.5) is 0 Å². The second-order valence-electron chi connectivity index (χ2n) is 1.98. The minimum Gasteiger partial charge on any atom is -0.294 e. The summed E-state index contributed by atoms with van der Waals surface area (Å²) in [6, 6.07) is 0. The summed E-state index contributed by atoms with van der Waals surface area (Å²) in [6.45, 7) is 0. The first-order valence-corrected chi connectivity index (χ1v) is 3.77. The number of carbonyl (C=O) groups is 1. The molecule has 0 amide bonds. The zero-order valence-corrected chi connectivity index (χ0v) is 6.69. The Hall–Kier alpha value is -0.270. The van der Waals surface area contributed by atoms with Gasteiger partial charge >= 0.3 is 0 Å². The van der Waals surface area contributed by atoms with E-state index in [1.807, 2.05) is 0 Å². The second kappa shape index (κ2) is 3.22. The molecule has 0 unspecified atom stereocenters. The molecule has 0 aromatic carbocycles. The Balaban J connectivity index is 2.80. The molecule has 54 valence electrons. The van der Waals surface area contributed by atoms with E-state index in [2.05, 4.69) is 0 Å². The first kappa shape index (κ1) is 7.83. The smallest absolute Gasteiger partial charge is 0.165 e. The lowest BCUT2D eigenvalue weighted by molar-refractivity contribution is -0.114. The van der Waals surface area contributed by atoms with E-state index in [-0.39, 0.29) is 5.78 Å². The van der Waals surface area contributed by atoms with Crippen LogP contribution < -0.4 is 0 Å². The Morgan fingerprint density at radius 2 is 2.20 bits per heavy atom. The molecule has 1 rings (SSSR count). The molecule has 0 aromatic rings. The SMILES string of the molecule is O=C1CC=CC=C1C(Cl)Cl. The molecular weight excluding hydrogens is 171 g/mol. The summed E-state index contributed by atoms with van der Waals surface area (Å²) >= 11 is 11.0. The molecule has 10 heavy (non-hydrogen) atoms. The molecule has 0 heterocycles. The lowest BCUT2D eigenvalue weighted by atomic mass is 10.1. The summed E-state index contributed by atoms with van der Waals surface area (Å²) in [7, 11) is 0. The Labute approximate surface area is 69.3 Å². The van der Waals surface area contributed by atoms with Crippen molar-refractivity contribution in [2.75, 3.05) is 0 Å². The highest BCUT2D eigenvalue weighted by Gasteiger charge is 2.16. The molecule has 1 aliphatic rings. The van der Waals surface area contributed by atoms with E-state index in [4.69, 9.17) is 23.2 Å². The first-order valence-electron chi connectivity index (χ1n) is 2.90. The molecule has 0 radical (unpaired) electrons. The zero-order chi connectivity index (χ0) is 7.56. The van der Waals surface area contributed by atoms with Crippen LogP contribution in [-0.4, -0.2) is 10.6 Å². The predicted molar refractivity (Wildman–Crippen MR) is 42.3 cm³/mol. The molecule has 0 aromatic heterocycles. The lowest BCUT2D eigenvalue weighted by Crippen LogP contribution is -2.09. The van der Waals surface area contributed by atoms with Crippen LogP contribution >= 0.6 is 23.2 Å². The van der Waals surface area contributed by atoms with E-state index < -0.39 is 4.84 Å². The topological polar surface area (TPSA) is 17.1 Å². The van der Waals surface area contributed by atoms with Gasteiger partial charge in [0.15, 0.2) is 5.78 Å². The van der Waals surface area contributed by atoms with Crippen molar-refractivity contribution in [3.63, 3.8) is 0 Å². The van der Waals surface area contributed by atoms with Crippen molar-refractivity contribution >= 4 is 29.0 Å². The summed E-state index contributed by atoms with van der Waals surface area (Å²) in [6.07, 6.45) is 5.63. The third kappa shape index (κ3) is 1.61. The Bertz CT molecular complexity index is 204. The van der Waals surface area contributed by atoms with Crippen LogP contribution in [0, 0.1) is 0 Å². The number of carbonyl (C=O) groups excluding carboxylic acids is 1. The van der Waals surface area contributed by atoms with Crippen LogP contribution in [0.2, 0.25) is 0 Å². The van der Waals surface area contributed by atoms with Gasteiger partial charge in [-0.05, 0) is 0 Å². The highest BCUT2D eigenvalue weighted by atomic mass is 35.5. The van der Waals surface area contributed by atoms with Crippen molar-refractivity contribution in [1.82, 2.24) is 0 Å². The molecule has 0 fully saturated rings. The average molecular weight is 177 g/mol. The van der Waals surface area contributed by atoms with E-state index in [0.29, 0.717) is 12.0 Å². The highest BCUT2D eigenvalue weighted by Crippen LogP contribution is 2.19. The summed E-state index contributed by atoms with van der Waals surface area (Å²) in [4.78, 5) is 10.3. The maximum absolute atomic E-state index is 10.9. The van der Waals surface area contributed by atoms with Crippen molar-refractivity contribution in [3.05, 3.63) is 23.8 Å². The summed E-state index contributed by atoms with van der Waals surface area (Å²) in [5.41, 5.74) is 0.492. The number of ketones is 1. The van der Waals surface area contributed by atoms with Crippen molar-refractivity contribution in [1.29, 1.82) is 0 Å². The molecule has 1 nitrogen and oxygen atoms in total. The average Bonchev–Trinajstić information content (AvgIpc) is 1.88. The standard InChI is InChI=1S/C7H6Cl2O/c8-7(9)5-3-1-2-4-6(5)10/h1-3,7H,4H2. The second-order valence-corrected chi connectivity index (χ2v) is 3.07. The number of halogens is 2. The molecular formula is C7H6Cl2O. The van der Waals surface area contributed by atoms with Gasteiger partial charge in [-0.2, -0.15) is 0 Å². The van der Waals surface area contributed by atoms with Crippen LogP contribution in [0.5, 0.6) is 0 Å². The number of allylic oxidation sites excluding steroid dienone is 4. The van der Waals surface area contributed by atoms with Gasteiger partial charge in [0.2, 0.25) is 0 Å². The lowest BCUT2D eigenvalue weighted by Gasteiger charge is -2.06. The van der Waals surface area contributed by atoms with Crippen molar-refractivity contribution < 1.29 is 4.79 Å². The fourth-order valence-electron chi connectivity index (χ4n) is 0.752. The van der Waals surface area contributed by atoms with Gasteiger partial charge in [-0.1, -0.05) is 41.4 Å². The van der Waals surface area contributed by atoms with Gasteiger partial charge in [-0.25, -0.2) is 0 Å². The van der Waals surface area contributed by atoms with Crippen LogP contribution in [0.25, 0.3) is 0 Å². The maximum atomic E-state index is 10.9. The van der Waals surface area contributed by atoms with E-state index in [1.165, 1.54) is 0 Å². The molecule has 0 atom stereocenters. The van der Waals surface area contributed by atoms with Gasteiger partial charge in [0.05, 0.1) is 0 Å². The predicted octanol–water partition coefficient (Wildman–Crippen LogP) is 2.25. The van der Waals surface area contributed by atoms with Crippen molar-refractivity contribution in [2.45, 2.75) is 11.3 Å². The number of rotatable bonds is 1. The van der Waals surface area contributed by atoms with Crippen LogP contribution in [-0.2, 0) is 4.79 Å². The molecule has 0 bridgehead atoms. The molecule has 0 spiro atoms. The van der Waals surface area contributed by atoms with Crippen LogP contribution in [0.1, 0.15) is 6.42 Å². The highest BCUT2D eigenvalue weighted by molar-refractivity contribution is 6.48. The Morgan fingerprint density at radius 3 is 2.60 bits per heavy atom. The van der Waals surface area contributed by atoms with E-state index in [0.717, 1.165) is 0 Å². The van der Waals surface area contributed by atoms with Crippen LogP contribution in [0.3, 0.4) is 0 Å². The zero-order valence-electron chi connectivity index (χ0n) is 5.18. The minimum atomic E-state index is -0.683. The summed E-state index contributed by atoms with van der Waals surface area (Å²) in [5, 5.41) is 0. The monoisotopic (exact) mass is 176 g/mol. The summed E-state index contributed by atoms with van der Waals surface area (Å²) < 4.78 is 0. The van der Waals surface area contributed by atoms with Crippen molar-refractivity contribution in [3.8, 4) is 0 Å². The van der Waals surface area contributed by atoms with E-state index in [9.17, 15) is 4.79 Å². The fraction of sp³-hybridized carbons (Fsp3) is 0.286. The van der Waals surface area contributed by atoms with Gasteiger partial charge in [-0.3, -0.25) is 4.79 Å². The van der Waals surface area contributed by atoms with Gasteiger partial charge in [0.25, 0.3) is 0 Å². The maximum Gasteiger partial charge on any atom is 0.165 e. The van der Waals surface area contributed by atoms with E-state index in [1.54, 1.807) is 18.2 Å². The van der Waals surface area contributed by atoms with Crippen LogP contribution in [0.15, 0.2) is 23.8 Å². The molecule has 0 saturated heterocycles. The molecule has 0 saturated carbocycles. The number of hydrogen-bond donors (Lipinski definition) is 0. The number of hydrogen-bond acceptors (Lipinski definition) is 1. The summed E-state index contributed by atoms with van der Waals surface area (Å²) in [5.74, 6) is 0.0116. The molecule has 3 heteroatoms. The Kier molecular flexibility index (Phi) is 2.52. The molecule has 0 N–H and O–H groups in total. The first-order chi connectivity index (χ1) is 4.72. The third-order valence-electron chi connectivity index (χ3n) is 1.27. The largest absolute Gasteiger partial charge is 0.294 e. The molecule has 0 aliphatic heterocycles. The number of Topliss-reactive ketones (excluding diaryl/α,β-unsaturated/α-hetero) is 1. The van der Waals surface area contributed by atoms with Gasteiger partial charge < -0.3 is 0 Å². The third-order valence-corrected chi connectivity index (χ3v) is 1.74. The molecule has 1 aliphatic carbocycles. The normalized spacial score (nSPS) is 17.9. The van der Waals surface area contributed by atoms with E-state index >= 15 is 0 Å². The van der Waals surface area contributed by atoms with Crippen molar-refractivity contribution in [2.24, 2.45) is 0 Å².